The normalized spacial score (nSPS) is 10.2. The molecule has 0 aliphatic rings. The first-order valence-corrected chi connectivity index (χ1v) is 7.32. The Hall–Kier alpha value is -2.83. The van der Waals surface area contributed by atoms with Crippen molar-refractivity contribution in [1.29, 1.82) is 0 Å². The fraction of sp³-hybridized carbons (Fsp3) is 0.312. The van der Waals surface area contributed by atoms with Gasteiger partial charge < -0.3 is 20.4 Å². The van der Waals surface area contributed by atoms with Crippen LogP contribution in [0.2, 0.25) is 0 Å². The molecule has 7 nitrogen and oxygen atoms in total. The molecule has 1 heterocycles. The first-order valence-electron chi connectivity index (χ1n) is 7.32. The quantitative estimate of drug-likeness (QED) is 0.562. The second-order valence-corrected chi connectivity index (χ2v) is 5.04. The number of carbonyl (C=O) groups is 2. The number of methoxy groups -OCH3 is 1. The lowest BCUT2D eigenvalue weighted by Gasteiger charge is -2.11. The number of H-pyrrole nitrogens is 1. The molecule has 1 aromatic carbocycles. The molecule has 122 valence electrons. The first kappa shape index (κ1) is 16.5. The van der Waals surface area contributed by atoms with Crippen molar-refractivity contribution < 1.29 is 14.3 Å². The van der Waals surface area contributed by atoms with Crippen LogP contribution in [0.1, 0.15) is 28.2 Å². The molecule has 0 saturated heterocycles. The van der Waals surface area contributed by atoms with Crippen LogP contribution in [0, 0.1) is 6.92 Å². The van der Waals surface area contributed by atoms with Gasteiger partial charge in [-0.2, -0.15) is 0 Å². The summed E-state index contributed by atoms with van der Waals surface area (Å²) < 4.78 is 4.67. The number of amides is 2. The van der Waals surface area contributed by atoms with Crippen molar-refractivity contribution in [2.24, 2.45) is 0 Å². The Morgan fingerprint density at radius 2 is 2.17 bits per heavy atom. The number of imidazole rings is 1. The maximum Gasteiger partial charge on any atom is 0.337 e. The second-order valence-electron chi connectivity index (χ2n) is 5.04. The van der Waals surface area contributed by atoms with E-state index in [4.69, 9.17) is 0 Å². The number of hydrogen-bond acceptors (Lipinski definition) is 4. The van der Waals surface area contributed by atoms with Gasteiger partial charge in [0.1, 0.15) is 5.82 Å². The number of nitrogens with zero attached hydrogens (tertiary/aromatic N) is 1. The zero-order valence-electron chi connectivity index (χ0n) is 13.2. The van der Waals surface area contributed by atoms with Gasteiger partial charge in [-0.3, -0.25) is 0 Å². The summed E-state index contributed by atoms with van der Waals surface area (Å²) in [5.41, 5.74) is 1.84. The number of aromatic nitrogens is 2. The van der Waals surface area contributed by atoms with E-state index >= 15 is 0 Å². The van der Waals surface area contributed by atoms with Gasteiger partial charge in [-0.1, -0.05) is 6.07 Å². The predicted octanol–water partition coefficient (Wildman–Crippen LogP) is 2.26. The van der Waals surface area contributed by atoms with Crippen LogP contribution in [0.4, 0.5) is 10.5 Å². The third kappa shape index (κ3) is 4.84. The number of ether oxygens (including phenoxy) is 1. The summed E-state index contributed by atoms with van der Waals surface area (Å²) in [6, 6.07) is 4.71. The van der Waals surface area contributed by atoms with Crippen molar-refractivity contribution in [3.05, 3.63) is 47.5 Å². The molecule has 3 N–H and O–H groups in total. The highest BCUT2D eigenvalue weighted by molar-refractivity contribution is 5.94. The molecule has 0 unspecified atom stereocenters. The van der Waals surface area contributed by atoms with Crippen LogP contribution in [0.15, 0.2) is 30.6 Å². The Morgan fingerprint density at radius 3 is 2.87 bits per heavy atom. The molecule has 2 amide bonds. The minimum Gasteiger partial charge on any atom is -0.465 e. The van der Waals surface area contributed by atoms with Crippen LogP contribution in [-0.2, 0) is 11.2 Å². The number of anilines is 1. The summed E-state index contributed by atoms with van der Waals surface area (Å²) in [5, 5.41) is 5.52. The SMILES string of the molecule is COC(=O)c1ccc(C)c(NC(=O)NCCCc2ncc[nH]2)c1. The molecule has 0 spiro atoms. The highest BCUT2D eigenvalue weighted by Gasteiger charge is 2.10. The first-order chi connectivity index (χ1) is 11.1. The van der Waals surface area contributed by atoms with Gasteiger partial charge in [0.15, 0.2) is 0 Å². The van der Waals surface area contributed by atoms with Crippen LogP contribution >= 0.6 is 0 Å². The summed E-state index contributed by atoms with van der Waals surface area (Å²) in [6.07, 6.45) is 5.02. The van der Waals surface area contributed by atoms with Crippen molar-refractivity contribution in [2.45, 2.75) is 19.8 Å². The molecular formula is C16H20N4O3. The summed E-state index contributed by atoms with van der Waals surface area (Å²) in [7, 11) is 1.32. The van der Waals surface area contributed by atoms with Crippen molar-refractivity contribution >= 4 is 17.7 Å². The molecule has 0 saturated carbocycles. The Balaban J connectivity index is 1.83. The molecule has 2 aromatic rings. The molecule has 23 heavy (non-hydrogen) atoms. The largest absolute Gasteiger partial charge is 0.465 e. The lowest BCUT2D eigenvalue weighted by atomic mass is 10.1. The number of nitrogens with one attached hydrogen (secondary N) is 3. The van der Waals surface area contributed by atoms with Crippen molar-refractivity contribution in [3.63, 3.8) is 0 Å². The number of aryl methyl sites for hydroxylation is 2. The van der Waals surface area contributed by atoms with Gasteiger partial charge in [-0.15, -0.1) is 0 Å². The number of rotatable bonds is 6. The Labute approximate surface area is 134 Å². The number of benzene rings is 1. The van der Waals surface area contributed by atoms with Crippen molar-refractivity contribution in [1.82, 2.24) is 15.3 Å². The third-order valence-electron chi connectivity index (χ3n) is 3.34. The number of hydrogen-bond donors (Lipinski definition) is 3. The topological polar surface area (TPSA) is 96.1 Å². The van der Waals surface area contributed by atoms with E-state index in [1.54, 1.807) is 30.6 Å². The smallest absolute Gasteiger partial charge is 0.337 e. The van der Waals surface area contributed by atoms with Gasteiger partial charge in [0.25, 0.3) is 0 Å². The zero-order chi connectivity index (χ0) is 16.7. The van der Waals surface area contributed by atoms with E-state index in [-0.39, 0.29) is 6.03 Å². The molecule has 1 aromatic heterocycles. The molecule has 0 fully saturated rings. The van der Waals surface area contributed by atoms with Crippen LogP contribution in [0.25, 0.3) is 0 Å². The minimum atomic E-state index is -0.438. The van der Waals surface area contributed by atoms with Gasteiger partial charge in [-0.05, 0) is 31.0 Å². The maximum atomic E-state index is 11.9. The summed E-state index contributed by atoms with van der Waals surface area (Å²) in [6.45, 7) is 2.38. The molecule has 0 aliphatic carbocycles. The highest BCUT2D eigenvalue weighted by Crippen LogP contribution is 2.17. The van der Waals surface area contributed by atoms with E-state index in [9.17, 15) is 9.59 Å². The van der Waals surface area contributed by atoms with E-state index in [1.165, 1.54) is 7.11 Å². The number of aromatic amines is 1. The zero-order valence-corrected chi connectivity index (χ0v) is 13.2. The van der Waals surface area contributed by atoms with Crippen LogP contribution in [0.5, 0.6) is 0 Å². The average molecular weight is 316 g/mol. The lowest BCUT2D eigenvalue weighted by Crippen LogP contribution is -2.30. The van der Waals surface area contributed by atoms with Gasteiger partial charge in [0.2, 0.25) is 0 Å². The summed E-state index contributed by atoms with van der Waals surface area (Å²) >= 11 is 0. The maximum absolute atomic E-state index is 11.9. The molecular weight excluding hydrogens is 296 g/mol. The Bertz CT molecular complexity index is 668. The molecule has 0 aliphatic heterocycles. The van der Waals surface area contributed by atoms with Gasteiger partial charge in [0, 0.05) is 31.0 Å². The minimum absolute atomic E-state index is 0.311. The summed E-state index contributed by atoms with van der Waals surface area (Å²) in [4.78, 5) is 30.6. The molecule has 0 bridgehead atoms. The van der Waals surface area contributed by atoms with Crippen LogP contribution in [-0.4, -0.2) is 35.6 Å². The van der Waals surface area contributed by atoms with Crippen molar-refractivity contribution in [2.75, 3.05) is 19.0 Å². The van der Waals surface area contributed by atoms with Crippen LogP contribution in [0.3, 0.4) is 0 Å². The van der Waals surface area contributed by atoms with Crippen LogP contribution < -0.4 is 10.6 Å². The monoisotopic (exact) mass is 316 g/mol. The fourth-order valence-electron chi connectivity index (χ4n) is 2.06. The molecule has 0 atom stereocenters. The molecule has 7 heteroatoms. The van der Waals surface area contributed by atoms with E-state index in [0.717, 1.165) is 24.2 Å². The Morgan fingerprint density at radius 1 is 1.35 bits per heavy atom. The second kappa shape index (κ2) is 7.98. The van der Waals surface area contributed by atoms with E-state index < -0.39 is 5.97 Å². The van der Waals surface area contributed by atoms with Gasteiger partial charge >= 0.3 is 12.0 Å². The third-order valence-corrected chi connectivity index (χ3v) is 3.34. The van der Waals surface area contributed by atoms with E-state index in [0.29, 0.717) is 17.8 Å². The number of carbonyl (C=O) groups excluding carboxylic acids is 2. The van der Waals surface area contributed by atoms with Gasteiger partial charge in [0.05, 0.1) is 12.7 Å². The Kier molecular flexibility index (Phi) is 5.74. The number of esters is 1. The fourth-order valence-corrected chi connectivity index (χ4v) is 2.06. The predicted molar refractivity (Wildman–Crippen MR) is 86.4 cm³/mol. The standard InChI is InChI=1S/C16H20N4O3/c1-11-5-6-12(15(21)23-2)10-13(11)20-16(22)19-7-3-4-14-17-8-9-18-14/h5-6,8-10H,3-4,7H2,1-2H3,(H,17,18)(H2,19,20,22). The van der Waals surface area contributed by atoms with Gasteiger partial charge in [-0.25, -0.2) is 14.6 Å². The molecule has 0 radical (unpaired) electrons. The lowest BCUT2D eigenvalue weighted by molar-refractivity contribution is 0.0600. The summed E-state index contributed by atoms with van der Waals surface area (Å²) in [5.74, 6) is 0.459. The molecule has 2 rings (SSSR count). The highest BCUT2D eigenvalue weighted by atomic mass is 16.5. The average Bonchev–Trinajstić information content (AvgIpc) is 3.06. The van der Waals surface area contributed by atoms with E-state index in [2.05, 4.69) is 25.3 Å². The van der Waals surface area contributed by atoms with E-state index in [1.807, 2.05) is 6.92 Å². The van der Waals surface area contributed by atoms with Crippen molar-refractivity contribution in [3.8, 4) is 0 Å². The number of urea groups is 1.